The Kier molecular flexibility index (Phi) is 3.88. The molecule has 2 heterocycles. The van der Waals surface area contributed by atoms with Gasteiger partial charge in [-0.05, 0) is 38.1 Å². The van der Waals surface area contributed by atoms with Gasteiger partial charge >= 0.3 is 0 Å². The Balaban J connectivity index is 2.11. The molecule has 0 saturated heterocycles. The first-order valence-corrected chi connectivity index (χ1v) is 7.75. The first-order chi connectivity index (χ1) is 10.2. The maximum atomic E-state index is 4.68. The Morgan fingerprint density at radius 3 is 2.38 bits per heavy atom. The number of fused-ring (bicyclic) bond motifs is 1. The van der Waals surface area contributed by atoms with E-state index in [2.05, 4.69) is 50.0 Å². The molecule has 0 unspecified atom stereocenters. The van der Waals surface area contributed by atoms with Gasteiger partial charge in [-0.1, -0.05) is 28.1 Å². The fraction of sp³-hybridized carbons (Fsp3) is 0.267. The molecule has 0 N–H and O–H groups in total. The van der Waals surface area contributed by atoms with Crippen LogP contribution < -0.4 is 4.90 Å². The molecule has 0 bridgehead atoms. The van der Waals surface area contributed by atoms with Gasteiger partial charge in [0, 0.05) is 23.1 Å². The van der Waals surface area contributed by atoms with Crippen molar-refractivity contribution in [2.75, 3.05) is 18.0 Å². The number of halogens is 1. The third kappa shape index (κ3) is 2.63. The summed E-state index contributed by atoms with van der Waals surface area (Å²) < 4.78 is 2.84. The number of aromatic nitrogens is 4. The van der Waals surface area contributed by atoms with E-state index in [1.807, 2.05) is 36.4 Å². The summed E-state index contributed by atoms with van der Waals surface area (Å²) in [5, 5.41) is 13.1. The molecule has 6 heteroatoms. The van der Waals surface area contributed by atoms with Crippen molar-refractivity contribution in [3.63, 3.8) is 0 Å². The lowest BCUT2D eigenvalue weighted by Gasteiger charge is -2.19. The van der Waals surface area contributed by atoms with E-state index in [-0.39, 0.29) is 0 Å². The number of rotatable bonds is 4. The average Bonchev–Trinajstić information content (AvgIpc) is 2.93. The predicted molar refractivity (Wildman–Crippen MR) is 87.5 cm³/mol. The summed E-state index contributed by atoms with van der Waals surface area (Å²) in [6.45, 7) is 6.09. The molecule has 0 atom stereocenters. The van der Waals surface area contributed by atoms with Gasteiger partial charge in [-0.2, -0.15) is 4.52 Å². The van der Waals surface area contributed by atoms with Crippen molar-refractivity contribution in [3.05, 3.63) is 40.9 Å². The molecule has 108 valence electrons. The van der Waals surface area contributed by atoms with Crippen LogP contribution in [0.3, 0.4) is 0 Å². The molecule has 1 aromatic carbocycles. The van der Waals surface area contributed by atoms with E-state index in [1.165, 1.54) is 0 Å². The molecule has 0 aliphatic heterocycles. The van der Waals surface area contributed by atoms with Crippen molar-refractivity contribution in [3.8, 4) is 11.4 Å². The highest BCUT2D eigenvalue weighted by atomic mass is 79.9. The number of nitrogens with zero attached hydrogens (tertiary/aromatic N) is 5. The van der Waals surface area contributed by atoms with Gasteiger partial charge in [0.1, 0.15) is 5.82 Å². The van der Waals surface area contributed by atoms with Gasteiger partial charge in [0.15, 0.2) is 11.5 Å². The summed E-state index contributed by atoms with van der Waals surface area (Å²) in [7, 11) is 0. The second kappa shape index (κ2) is 5.81. The third-order valence-corrected chi connectivity index (χ3v) is 3.97. The topological polar surface area (TPSA) is 46.3 Å². The molecule has 0 amide bonds. The number of anilines is 1. The molecule has 0 fully saturated rings. The Bertz CT molecular complexity index is 746. The Hall–Kier alpha value is -1.95. The zero-order valence-corrected chi connectivity index (χ0v) is 13.6. The van der Waals surface area contributed by atoms with E-state index in [4.69, 9.17) is 0 Å². The van der Waals surface area contributed by atoms with Gasteiger partial charge in [0.2, 0.25) is 0 Å². The maximum Gasteiger partial charge on any atom is 0.185 e. The second-order valence-electron chi connectivity index (χ2n) is 4.66. The lowest BCUT2D eigenvalue weighted by atomic mass is 10.2. The molecule has 0 aliphatic rings. The van der Waals surface area contributed by atoms with E-state index < -0.39 is 0 Å². The highest BCUT2D eigenvalue weighted by Crippen LogP contribution is 2.21. The first kappa shape index (κ1) is 14.0. The van der Waals surface area contributed by atoms with Crippen LogP contribution in [0.1, 0.15) is 13.8 Å². The molecule has 3 rings (SSSR count). The predicted octanol–water partition coefficient (Wildman–Crippen LogP) is 3.40. The van der Waals surface area contributed by atoms with E-state index >= 15 is 0 Å². The van der Waals surface area contributed by atoms with Crippen LogP contribution in [0, 0.1) is 0 Å². The lowest BCUT2D eigenvalue weighted by molar-refractivity contribution is 0.809. The van der Waals surface area contributed by atoms with Crippen LogP contribution in [0.15, 0.2) is 40.9 Å². The molecule has 0 spiro atoms. The van der Waals surface area contributed by atoms with Crippen LogP contribution in [0.2, 0.25) is 0 Å². The maximum absolute atomic E-state index is 4.68. The minimum atomic E-state index is 0.754. The second-order valence-corrected chi connectivity index (χ2v) is 5.58. The van der Waals surface area contributed by atoms with Crippen LogP contribution in [0.25, 0.3) is 17.0 Å². The zero-order valence-electron chi connectivity index (χ0n) is 12.0. The largest absolute Gasteiger partial charge is 0.356 e. The van der Waals surface area contributed by atoms with Crippen molar-refractivity contribution in [1.29, 1.82) is 0 Å². The summed E-state index contributed by atoms with van der Waals surface area (Å²) in [6, 6.07) is 11.9. The summed E-state index contributed by atoms with van der Waals surface area (Å²) >= 11 is 3.44. The standard InChI is InChI=1S/C15H16BrN5/c1-3-20(4-2)14-10-9-13-17-18-15(21(13)19-14)11-5-7-12(16)8-6-11/h5-10H,3-4H2,1-2H3. The average molecular weight is 346 g/mol. The van der Waals surface area contributed by atoms with Crippen molar-refractivity contribution >= 4 is 27.4 Å². The fourth-order valence-corrected chi connectivity index (χ4v) is 2.54. The van der Waals surface area contributed by atoms with E-state index in [0.29, 0.717) is 0 Å². The van der Waals surface area contributed by atoms with E-state index in [9.17, 15) is 0 Å². The highest BCUT2D eigenvalue weighted by Gasteiger charge is 2.11. The van der Waals surface area contributed by atoms with Crippen LogP contribution in [0.4, 0.5) is 5.82 Å². The molecule has 0 aliphatic carbocycles. The SMILES string of the molecule is CCN(CC)c1ccc2nnc(-c3ccc(Br)cc3)n2n1. The molecular weight excluding hydrogens is 330 g/mol. The molecule has 21 heavy (non-hydrogen) atoms. The number of hydrogen-bond donors (Lipinski definition) is 0. The van der Waals surface area contributed by atoms with Gasteiger partial charge in [0.25, 0.3) is 0 Å². The smallest absolute Gasteiger partial charge is 0.185 e. The molecule has 0 radical (unpaired) electrons. The van der Waals surface area contributed by atoms with Crippen LogP contribution >= 0.6 is 15.9 Å². The summed E-state index contributed by atoms with van der Waals surface area (Å²) in [6.07, 6.45) is 0. The summed E-state index contributed by atoms with van der Waals surface area (Å²) in [4.78, 5) is 2.20. The van der Waals surface area contributed by atoms with Gasteiger partial charge in [-0.3, -0.25) is 0 Å². The van der Waals surface area contributed by atoms with Gasteiger partial charge in [-0.25, -0.2) is 0 Å². The van der Waals surface area contributed by atoms with Crippen molar-refractivity contribution in [1.82, 2.24) is 19.8 Å². The minimum Gasteiger partial charge on any atom is -0.356 e. The number of hydrogen-bond acceptors (Lipinski definition) is 4. The van der Waals surface area contributed by atoms with Crippen LogP contribution in [-0.4, -0.2) is 32.9 Å². The van der Waals surface area contributed by atoms with Crippen molar-refractivity contribution < 1.29 is 0 Å². The Morgan fingerprint density at radius 2 is 1.71 bits per heavy atom. The highest BCUT2D eigenvalue weighted by molar-refractivity contribution is 9.10. The van der Waals surface area contributed by atoms with Crippen molar-refractivity contribution in [2.24, 2.45) is 0 Å². The van der Waals surface area contributed by atoms with E-state index in [0.717, 1.165) is 40.4 Å². The van der Waals surface area contributed by atoms with Gasteiger partial charge in [0.05, 0.1) is 0 Å². The monoisotopic (exact) mass is 345 g/mol. The zero-order chi connectivity index (χ0) is 14.8. The van der Waals surface area contributed by atoms with Gasteiger partial charge in [-0.15, -0.1) is 15.3 Å². The molecular formula is C15H16BrN5. The minimum absolute atomic E-state index is 0.754. The Morgan fingerprint density at radius 1 is 1.00 bits per heavy atom. The van der Waals surface area contributed by atoms with Gasteiger partial charge < -0.3 is 4.90 Å². The third-order valence-electron chi connectivity index (χ3n) is 3.44. The molecule has 2 aromatic heterocycles. The van der Waals surface area contributed by atoms with Crippen LogP contribution in [-0.2, 0) is 0 Å². The van der Waals surface area contributed by atoms with E-state index in [1.54, 1.807) is 4.52 Å². The van der Waals surface area contributed by atoms with Crippen molar-refractivity contribution in [2.45, 2.75) is 13.8 Å². The molecule has 5 nitrogen and oxygen atoms in total. The Labute approximate surface area is 131 Å². The van der Waals surface area contributed by atoms with Crippen LogP contribution in [0.5, 0.6) is 0 Å². The first-order valence-electron chi connectivity index (χ1n) is 6.96. The molecule has 3 aromatic rings. The normalized spacial score (nSPS) is 11.0. The summed E-state index contributed by atoms with van der Waals surface area (Å²) in [5.74, 6) is 1.69. The number of benzene rings is 1. The quantitative estimate of drug-likeness (QED) is 0.726. The molecule has 0 saturated carbocycles. The fourth-order valence-electron chi connectivity index (χ4n) is 2.27. The lowest BCUT2D eigenvalue weighted by Crippen LogP contribution is -2.23. The summed E-state index contributed by atoms with van der Waals surface area (Å²) in [5.41, 5.74) is 1.75.